The molecule has 0 aromatic heterocycles. The van der Waals surface area contributed by atoms with Crippen molar-refractivity contribution in [2.75, 3.05) is 0 Å². The fourth-order valence-corrected chi connectivity index (χ4v) is 3.10. The third-order valence-corrected chi connectivity index (χ3v) is 4.15. The summed E-state index contributed by atoms with van der Waals surface area (Å²) in [5.74, 6) is 1.44. The molecule has 0 radical (unpaired) electrons. The number of para-hydroxylation sites is 1. The fraction of sp³-hybridized carbons (Fsp3) is 0.600. The number of benzene rings is 1. The van der Waals surface area contributed by atoms with Crippen molar-refractivity contribution >= 4 is 8.60 Å². The summed E-state index contributed by atoms with van der Waals surface area (Å²) in [4.78, 5) is 9.39. The van der Waals surface area contributed by atoms with Gasteiger partial charge in [-0.05, 0) is 24.5 Å². The third kappa shape index (κ3) is 4.36. The van der Waals surface area contributed by atoms with E-state index in [1.54, 1.807) is 0 Å². The van der Waals surface area contributed by atoms with E-state index in [0.29, 0.717) is 5.75 Å². The molecular weight excluding hydrogens is 259 g/mol. The van der Waals surface area contributed by atoms with Gasteiger partial charge in [-0.3, -0.25) is 0 Å². The molecule has 1 atom stereocenters. The second kappa shape index (κ2) is 7.72. The molecule has 1 aromatic carbocycles. The molecule has 3 nitrogen and oxygen atoms in total. The Morgan fingerprint density at radius 2 is 1.74 bits per heavy atom. The second-order valence-corrected chi connectivity index (χ2v) is 5.88. The highest BCUT2D eigenvalue weighted by molar-refractivity contribution is 7.41. The van der Waals surface area contributed by atoms with E-state index >= 15 is 0 Å². The standard InChI is InChI=1S/C15H23O3P/c1-2-3-4-5-6-7-8-10-13-11-9-12-14-15(13)18-19(16)17-14/h9,11-12,16H,2-8,10H2,1H3. The largest absolute Gasteiger partial charge is 0.460 e. The Balaban J connectivity index is 1.71. The molecule has 0 bridgehead atoms. The Labute approximate surface area is 116 Å². The van der Waals surface area contributed by atoms with Gasteiger partial charge in [0.15, 0.2) is 11.5 Å². The summed E-state index contributed by atoms with van der Waals surface area (Å²) in [5.41, 5.74) is 1.16. The molecule has 106 valence electrons. The van der Waals surface area contributed by atoms with Gasteiger partial charge in [0.05, 0.1) is 0 Å². The van der Waals surface area contributed by atoms with Crippen LogP contribution in [0.2, 0.25) is 0 Å². The van der Waals surface area contributed by atoms with Crippen molar-refractivity contribution in [1.29, 1.82) is 0 Å². The van der Waals surface area contributed by atoms with Crippen LogP contribution in [0.25, 0.3) is 0 Å². The van der Waals surface area contributed by atoms with Crippen molar-refractivity contribution in [1.82, 2.24) is 0 Å². The second-order valence-electron chi connectivity index (χ2n) is 5.04. The smallest absolute Gasteiger partial charge is 0.414 e. The zero-order chi connectivity index (χ0) is 13.5. The first-order valence-corrected chi connectivity index (χ1v) is 8.41. The maximum Gasteiger partial charge on any atom is 0.460 e. The maximum atomic E-state index is 9.39. The van der Waals surface area contributed by atoms with Crippen molar-refractivity contribution in [3.8, 4) is 11.5 Å². The SMILES string of the molecule is CCCCCCCCCc1cccc2c1OP(O)O2. The molecule has 0 fully saturated rings. The van der Waals surface area contributed by atoms with Crippen LogP contribution in [0.3, 0.4) is 0 Å². The first-order chi connectivity index (χ1) is 9.31. The molecule has 4 heteroatoms. The van der Waals surface area contributed by atoms with E-state index in [1.807, 2.05) is 12.1 Å². The molecule has 2 rings (SSSR count). The van der Waals surface area contributed by atoms with E-state index in [1.165, 1.54) is 44.9 Å². The van der Waals surface area contributed by atoms with Gasteiger partial charge in [0, 0.05) is 0 Å². The molecule has 1 N–H and O–H groups in total. The number of fused-ring (bicyclic) bond motifs is 1. The summed E-state index contributed by atoms with van der Waals surface area (Å²) in [6, 6.07) is 5.88. The summed E-state index contributed by atoms with van der Waals surface area (Å²) in [6.07, 6.45) is 10.1. The fourth-order valence-electron chi connectivity index (χ4n) is 2.39. The minimum absolute atomic E-state index is 0.689. The van der Waals surface area contributed by atoms with Gasteiger partial charge in [0.25, 0.3) is 0 Å². The van der Waals surface area contributed by atoms with Crippen molar-refractivity contribution in [2.45, 2.75) is 58.3 Å². The Hall–Kier alpha value is -0.790. The number of aryl methyl sites for hydroxylation is 1. The van der Waals surface area contributed by atoms with Crippen LogP contribution in [0.1, 0.15) is 57.4 Å². The quantitative estimate of drug-likeness (QED) is 0.540. The molecule has 1 aliphatic rings. The van der Waals surface area contributed by atoms with E-state index in [4.69, 9.17) is 9.05 Å². The number of hydrogen-bond donors (Lipinski definition) is 1. The van der Waals surface area contributed by atoms with Crippen LogP contribution in [-0.4, -0.2) is 4.89 Å². The van der Waals surface area contributed by atoms with Gasteiger partial charge in [-0.1, -0.05) is 57.6 Å². The zero-order valence-corrected chi connectivity index (χ0v) is 12.5. The van der Waals surface area contributed by atoms with Crippen LogP contribution >= 0.6 is 8.60 Å². The zero-order valence-electron chi connectivity index (χ0n) is 11.6. The number of unbranched alkanes of at least 4 members (excludes halogenated alkanes) is 6. The normalized spacial score (nSPS) is 16.8. The Morgan fingerprint density at radius 3 is 2.53 bits per heavy atom. The van der Waals surface area contributed by atoms with Crippen LogP contribution in [0.5, 0.6) is 11.5 Å². The van der Waals surface area contributed by atoms with Crippen molar-refractivity contribution in [3.05, 3.63) is 23.8 Å². The number of hydrogen-bond acceptors (Lipinski definition) is 3. The molecular formula is C15H23O3P. The monoisotopic (exact) mass is 282 g/mol. The first-order valence-electron chi connectivity index (χ1n) is 7.28. The Bertz CT molecular complexity index is 395. The lowest BCUT2D eigenvalue weighted by atomic mass is 10.0. The summed E-state index contributed by atoms with van der Waals surface area (Å²) in [5, 5.41) is 0. The topological polar surface area (TPSA) is 38.7 Å². The summed E-state index contributed by atoms with van der Waals surface area (Å²) < 4.78 is 10.6. The number of rotatable bonds is 8. The van der Waals surface area contributed by atoms with Crippen LogP contribution in [-0.2, 0) is 6.42 Å². The van der Waals surface area contributed by atoms with Crippen LogP contribution < -0.4 is 9.05 Å². The van der Waals surface area contributed by atoms with E-state index in [-0.39, 0.29) is 0 Å². The van der Waals surface area contributed by atoms with Gasteiger partial charge < -0.3 is 13.9 Å². The van der Waals surface area contributed by atoms with E-state index < -0.39 is 8.60 Å². The molecule has 1 aliphatic heterocycles. The van der Waals surface area contributed by atoms with Crippen molar-refractivity contribution in [2.24, 2.45) is 0 Å². The molecule has 1 heterocycles. The summed E-state index contributed by atoms with van der Waals surface area (Å²) in [7, 11) is -1.74. The lowest BCUT2D eigenvalue weighted by Gasteiger charge is -2.05. The highest BCUT2D eigenvalue weighted by Crippen LogP contribution is 2.51. The predicted molar refractivity (Wildman–Crippen MR) is 78.5 cm³/mol. The maximum absolute atomic E-state index is 9.39. The first kappa shape index (κ1) is 14.6. The third-order valence-electron chi connectivity index (χ3n) is 3.46. The average Bonchev–Trinajstić information content (AvgIpc) is 2.78. The minimum atomic E-state index is -1.74. The lowest BCUT2D eigenvalue weighted by molar-refractivity contribution is 0.428. The molecule has 1 aromatic rings. The van der Waals surface area contributed by atoms with E-state index in [2.05, 4.69) is 13.0 Å². The van der Waals surface area contributed by atoms with Crippen LogP contribution in [0.4, 0.5) is 0 Å². The molecule has 0 saturated carbocycles. The van der Waals surface area contributed by atoms with Gasteiger partial charge in [0.1, 0.15) is 0 Å². The predicted octanol–water partition coefficient (Wildman–Crippen LogP) is 4.97. The van der Waals surface area contributed by atoms with Gasteiger partial charge in [-0.2, -0.15) is 0 Å². The van der Waals surface area contributed by atoms with Crippen LogP contribution in [0.15, 0.2) is 18.2 Å². The Morgan fingerprint density at radius 1 is 1.00 bits per heavy atom. The molecule has 0 amide bonds. The Kier molecular flexibility index (Phi) is 5.93. The molecule has 0 aliphatic carbocycles. The summed E-state index contributed by atoms with van der Waals surface area (Å²) in [6.45, 7) is 2.24. The molecule has 1 unspecified atom stereocenters. The van der Waals surface area contributed by atoms with Gasteiger partial charge in [-0.15, -0.1) is 0 Å². The molecule has 19 heavy (non-hydrogen) atoms. The van der Waals surface area contributed by atoms with Gasteiger partial charge >= 0.3 is 8.60 Å². The van der Waals surface area contributed by atoms with E-state index in [9.17, 15) is 4.89 Å². The van der Waals surface area contributed by atoms with Crippen LogP contribution in [0, 0.1) is 0 Å². The summed E-state index contributed by atoms with van der Waals surface area (Å²) >= 11 is 0. The van der Waals surface area contributed by atoms with Gasteiger partial charge in [0.2, 0.25) is 0 Å². The van der Waals surface area contributed by atoms with Crippen molar-refractivity contribution in [3.63, 3.8) is 0 Å². The van der Waals surface area contributed by atoms with Crippen molar-refractivity contribution < 1.29 is 13.9 Å². The van der Waals surface area contributed by atoms with Gasteiger partial charge in [-0.25, -0.2) is 0 Å². The van der Waals surface area contributed by atoms with E-state index in [0.717, 1.165) is 17.7 Å². The highest BCUT2D eigenvalue weighted by Gasteiger charge is 2.26. The average molecular weight is 282 g/mol. The minimum Gasteiger partial charge on any atom is -0.414 e. The molecule has 0 spiro atoms. The highest BCUT2D eigenvalue weighted by atomic mass is 31.2. The molecule has 0 saturated heterocycles. The lowest BCUT2D eigenvalue weighted by Crippen LogP contribution is -1.89.